The highest BCUT2D eigenvalue weighted by molar-refractivity contribution is 7.16. The number of thiophene rings is 1. The van der Waals surface area contributed by atoms with Gasteiger partial charge in [0.25, 0.3) is 5.91 Å². The number of esters is 1. The maximum absolute atomic E-state index is 12.5. The van der Waals surface area contributed by atoms with Gasteiger partial charge >= 0.3 is 5.97 Å². The van der Waals surface area contributed by atoms with Crippen molar-refractivity contribution < 1.29 is 14.3 Å². The van der Waals surface area contributed by atoms with Gasteiger partial charge in [0.2, 0.25) is 0 Å². The van der Waals surface area contributed by atoms with Crippen molar-refractivity contribution in [3.05, 3.63) is 33.5 Å². The quantitative estimate of drug-likeness (QED) is 0.879. The highest BCUT2D eigenvalue weighted by atomic mass is 32.1. The fraction of sp³-hybridized carbons (Fsp3) is 0.400. The van der Waals surface area contributed by atoms with Crippen LogP contribution in [0.1, 0.15) is 43.8 Å². The summed E-state index contributed by atoms with van der Waals surface area (Å²) in [6, 6.07) is 0. The SMILES string of the molecule is CCOC(=O)c1c(NC(=O)c2c(C)cnn2C)sc(C)c1C. The molecule has 2 rings (SSSR count). The van der Waals surface area contributed by atoms with E-state index in [2.05, 4.69) is 10.4 Å². The van der Waals surface area contributed by atoms with Gasteiger partial charge in [0, 0.05) is 11.9 Å². The molecule has 2 aromatic heterocycles. The Labute approximate surface area is 133 Å². The van der Waals surface area contributed by atoms with Crippen LogP contribution in [0.4, 0.5) is 5.00 Å². The molecule has 0 bridgehead atoms. The lowest BCUT2D eigenvalue weighted by molar-refractivity contribution is 0.0527. The number of carbonyl (C=O) groups is 2. The van der Waals surface area contributed by atoms with Gasteiger partial charge in [-0.2, -0.15) is 5.10 Å². The van der Waals surface area contributed by atoms with Crippen LogP contribution in [0, 0.1) is 20.8 Å². The van der Waals surface area contributed by atoms with Crippen LogP contribution in [0.3, 0.4) is 0 Å². The Kier molecular flexibility index (Phi) is 4.65. The summed E-state index contributed by atoms with van der Waals surface area (Å²) in [7, 11) is 1.71. The highest BCUT2D eigenvalue weighted by Gasteiger charge is 2.23. The molecular weight excluding hydrogens is 302 g/mol. The number of carbonyl (C=O) groups excluding carboxylic acids is 2. The molecule has 0 spiro atoms. The third kappa shape index (κ3) is 2.89. The number of aryl methyl sites for hydroxylation is 3. The Morgan fingerprint density at radius 2 is 2.05 bits per heavy atom. The summed E-state index contributed by atoms with van der Waals surface area (Å²) in [5.41, 5.74) is 2.51. The lowest BCUT2D eigenvalue weighted by atomic mass is 10.1. The van der Waals surface area contributed by atoms with E-state index in [4.69, 9.17) is 4.74 Å². The van der Waals surface area contributed by atoms with Crippen molar-refractivity contribution >= 4 is 28.2 Å². The predicted octanol–water partition coefficient (Wildman–Crippen LogP) is 2.84. The minimum absolute atomic E-state index is 0.288. The van der Waals surface area contributed by atoms with Gasteiger partial charge in [-0.25, -0.2) is 4.79 Å². The molecule has 22 heavy (non-hydrogen) atoms. The molecule has 1 N–H and O–H groups in total. The number of aromatic nitrogens is 2. The number of nitrogens with zero attached hydrogens (tertiary/aromatic N) is 2. The second-order valence-corrected chi connectivity index (χ2v) is 6.19. The number of hydrogen-bond acceptors (Lipinski definition) is 5. The van der Waals surface area contributed by atoms with Gasteiger partial charge in [0.1, 0.15) is 10.7 Å². The van der Waals surface area contributed by atoms with Crippen molar-refractivity contribution in [1.82, 2.24) is 9.78 Å². The van der Waals surface area contributed by atoms with E-state index in [0.29, 0.717) is 22.9 Å². The fourth-order valence-electron chi connectivity index (χ4n) is 2.20. The maximum atomic E-state index is 12.5. The Hall–Kier alpha value is -2.15. The van der Waals surface area contributed by atoms with Crippen LogP contribution in [0.15, 0.2) is 6.20 Å². The van der Waals surface area contributed by atoms with Crippen LogP contribution in [0.25, 0.3) is 0 Å². The molecule has 0 aliphatic carbocycles. The average Bonchev–Trinajstić information content (AvgIpc) is 2.91. The third-order valence-electron chi connectivity index (χ3n) is 3.43. The number of rotatable bonds is 4. The van der Waals surface area contributed by atoms with Gasteiger partial charge < -0.3 is 10.1 Å². The molecule has 0 aromatic carbocycles. The van der Waals surface area contributed by atoms with Crippen LogP contribution in [-0.2, 0) is 11.8 Å². The molecule has 7 heteroatoms. The lowest BCUT2D eigenvalue weighted by Crippen LogP contribution is -2.18. The van der Waals surface area contributed by atoms with Gasteiger partial charge in [-0.05, 0) is 38.8 Å². The molecule has 6 nitrogen and oxygen atoms in total. The molecule has 0 radical (unpaired) electrons. The Balaban J connectivity index is 2.36. The van der Waals surface area contributed by atoms with Crippen LogP contribution >= 0.6 is 11.3 Å². The van der Waals surface area contributed by atoms with Crippen LogP contribution in [0.2, 0.25) is 0 Å². The minimum atomic E-state index is -0.415. The first-order chi connectivity index (χ1) is 10.4. The summed E-state index contributed by atoms with van der Waals surface area (Å²) in [5.74, 6) is -0.703. The van der Waals surface area contributed by atoms with Gasteiger partial charge in [-0.1, -0.05) is 0 Å². The number of anilines is 1. The van der Waals surface area contributed by atoms with Crippen molar-refractivity contribution in [3.8, 4) is 0 Å². The molecule has 0 atom stereocenters. The molecule has 0 unspecified atom stereocenters. The second kappa shape index (κ2) is 6.31. The summed E-state index contributed by atoms with van der Waals surface area (Å²) >= 11 is 1.37. The van der Waals surface area contributed by atoms with Crippen molar-refractivity contribution in [3.63, 3.8) is 0 Å². The summed E-state index contributed by atoms with van der Waals surface area (Å²) in [6.45, 7) is 7.63. The van der Waals surface area contributed by atoms with E-state index in [1.165, 1.54) is 16.0 Å². The van der Waals surface area contributed by atoms with E-state index in [-0.39, 0.29) is 5.91 Å². The second-order valence-electron chi connectivity index (χ2n) is 4.96. The first-order valence-corrected chi connectivity index (χ1v) is 7.75. The van der Waals surface area contributed by atoms with E-state index in [1.54, 1.807) is 20.2 Å². The van der Waals surface area contributed by atoms with Crippen LogP contribution in [0.5, 0.6) is 0 Å². The van der Waals surface area contributed by atoms with Crippen molar-refractivity contribution in [2.75, 3.05) is 11.9 Å². The Morgan fingerprint density at radius 1 is 1.36 bits per heavy atom. The minimum Gasteiger partial charge on any atom is -0.462 e. The summed E-state index contributed by atoms with van der Waals surface area (Å²) in [5, 5.41) is 7.38. The predicted molar refractivity (Wildman–Crippen MR) is 85.6 cm³/mol. The Morgan fingerprint density at radius 3 is 2.59 bits per heavy atom. The number of ether oxygens (including phenoxy) is 1. The monoisotopic (exact) mass is 321 g/mol. The molecule has 118 valence electrons. The van der Waals surface area contributed by atoms with E-state index in [0.717, 1.165) is 16.0 Å². The molecule has 0 saturated carbocycles. The molecule has 2 aromatic rings. The van der Waals surface area contributed by atoms with Gasteiger partial charge in [0.05, 0.1) is 18.4 Å². The van der Waals surface area contributed by atoms with Crippen LogP contribution < -0.4 is 5.32 Å². The fourth-order valence-corrected chi connectivity index (χ4v) is 3.24. The molecule has 0 fully saturated rings. The zero-order chi connectivity index (χ0) is 16.4. The third-order valence-corrected chi connectivity index (χ3v) is 4.55. The normalized spacial score (nSPS) is 10.6. The molecule has 0 saturated heterocycles. The van der Waals surface area contributed by atoms with E-state index in [9.17, 15) is 9.59 Å². The zero-order valence-electron chi connectivity index (χ0n) is 13.3. The topological polar surface area (TPSA) is 73.2 Å². The molecule has 0 aliphatic rings. The largest absolute Gasteiger partial charge is 0.462 e. The molecule has 2 heterocycles. The summed E-state index contributed by atoms with van der Waals surface area (Å²) in [6.07, 6.45) is 1.63. The Bertz CT molecular complexity index is 711. The summed E-state index contributed by atoms with van der Waals surface area (Å²) < 4.78 is 6.60. The lowest BCUT2D eigenvalue weighted by Gasteiger charge is -2.08. The van der Waals surface area contributed by atoms with Gasteiger partial charge in [0.15, 0.2) is 0 Å². The maximum Gasteiger partial charge on any atom is 0.341 e. The van der Waals surface area contributed by atoms with Gasteiger partial charge in [-0.15, -0.1) is 11.3 Å². The first kappa shape index (κ1) is 16.2. The standard InChI is InChI=1S/C15H19N3O3S/c1-6-21-15(20)11-9(3)10(4)22-14(11)17-13(19)12-8(2)7-16-18(12)5/h7H,6H2,1-5H3,(H,17,19). The molecular formula is C15H19N3O3S. The van der Waals surface area contributed by atoms with Crippen molar-refractivity contribution in [2.24, 2.45) is 7.05 Å². The first-order valence-electron chi connectivity index (χ1n) is 6.93. The van der Waals surface area contributed by atoms with Crippen LogP contribution in [-0.4, -0.2) is 28.3 Å². The highest BCUT2D eigenvalue weighted by Crippen LogP contribution is 2.33. The number of amides is 1. The van der Waals surface area contributed by atoms with E-state index < -0.39 is 5.97 Å². The van der Waals surface area contributed by atoms with Crippen molar-refractivity contribution in [1.29, 1.82) is 0 Å². The average molecular weight is 321 g/mol. The zero-order valence-corrected chi connectivity index (χ0v) is 14.1. The van der Waals surface area contributed by atoms with Crippen molar-refractivity contribution in [2.45, 2.75) is 27.7 Å². The number of nitrogens with one attached hydrogen (secondary N) is 1. The summed E-state index contributed by atoms with van der Waals surface area (Å²) in [4.78, 5) is 25.5. The number of hydrogen-bond donors (Lipinski definition) is 1. The van der Waals surface area contributed by atoms with E-state index >= 15 is 0 Å². The molecule has 0 aliphatic heterocycles. The van der Waals surface area contributed by atoms with E-state index in [1.807, 2.05) is 20.8 Å². The molecule has 1 amide bonds. The van der Waals surface area contributed by atoms with Gasteiger partial charge in [-0.3, -0.25) is 9.48 Å². The smallest absolute Gasteiger partial charge is 0.341 e.